The smallest absolute Gasteiger partial charge is 0.224 e. The van der Waals surface area contributed by atoms with Crippen LogP contribution in [0, 0.1) is 5.92 Å². The molecule has 0 fully saturated rings. The minimum atomic E-state index is -6.68. The van der Waals surface area contributed by atoms with Gasteiger partial charge in [-0.2, -0.15) is 52.7 Å². The van der Waals surface area contributed by atoms with Crippen LogP contribution in [0.15, 0.2) is 0 Å². The maximum Gasteiger partial charge on any atom is 0.431 e. The fraction of sp³-hybridized carbons (Fsp3) is 1.00. The zero-order valence-electron chi connectivity index (χ0n) is 14.8. The van der Waals surface area contributed by atoms with Crippen LogP contribution < -0.4 is 0 Å². The lowest BCUT2D eigenvalue weighted by molar-refractivity contribution is -0.356. The Hall–Kier alpha value is -0.980. The molecule has 0 atom stereocenters. The first-order valence-corrected chi connectivity index (χ1v) is 8.28. The van der Waals surface area contributed by atoms with Crippen molar-refractivity contribution in [1.29, 1.82) is 0 Å². The molecule has 0 amide bonds. The van der Waals surface area contributed by atoms with E-state index in [1.165, 1.54) is 0 Å². The van der Waals surface area contributed by atoms with Gasteiger partial charge in [0.25, 0.3) is 11.3 Å². The monoisotopic (exact) mass is 464 g/mol. The summed E-state index contributed by atoms with van der Waals surface area (Å²) in [6.07, 6.45) is -33.0. The summed E-state index contributed by atoms with van der Waals surface area (Å²) in [5, 5.41) is 0. The first-order chi connectivity index (χ1) is 12.6. The van der Waals surface area contributed by atoms with E-state index >= 15 is 0 Å². The highest BCUT2D eigenvalue weighted by Crippen LogP contribution is 2.55. The zero-order chi connectivity index (χ0) is 23.5. The maximum absolute atomic E-state index is 13.9. The van der Waals surface area contributed by atoms with Crippen LogP contribution in [0.3, 0.4) is 0 Å². The normalized spacial score (nSPS) is 15.3. The molecular formula is C15H18F14. The van der Waals surface area contributed by atoms with Gasteiger partial charge in [-0.05, 0) is 5.92 Å². The SMILES string of the molecule is CCCCCCC(CC(F)(C(F)(F)F)C(F)(F)F)CC(F)(C(F)(F)F)C(F)(F)F. The van der Waals surface area contributed by atoms with Crippen LogP contribution in [0.4, 0.5) is 61.5 Å². The molecule has 176 valence electrons. The standard InChI is InChI=1S/C15H18F14/c1-2-3-4-5-6-9(7-10(16,12(18,19)20)13(21,22)23)8-11(17,14(24,25)26)15(27,28)29/h9H,2-8H2,1H3. The van der Waals surface area contributed by atoms with Gasteiger partial charge in [0.1, 0.15) is 0 Å². The van der Waals surface area contributed by atoms with E-state index < -0.39 is 67.6 Å². The van der Waals surface area contributed by atoms with E-state index in [9.17, 15) is 61.5 Å². The van der Waals surface area contributed by atoms with Crippen LogP contribution >= 0.6 is 0 Å². The van der Waals surface area contributed by atoms with Gasteiger partial charge in [0.05, 0.1) is 0 Å². The van der Waals surface area contributed by atoms with Crippen LogP contribution in [0.25, 0.3) is 0 Å². The van der Waals surface area contributed by atoms with Crippen molar-refractivity contribution in [1.82, 2.24) is 0 Å². The first kappa shape index (κ1) is 28.0. The molecule has 0 aromatic carbocycles. The second-order valence-electron chi connectivity index (χ2n) is 6.72. The average molecular weight is 464 g/mol. The number of unbranched alkanes of at least 4 members (excludes halogenated alkanes) is 3. The molecule has 0 saturated carbocycles. The molecule has 0 spiro atoms. The van der Waals surface area contributed by atoms with E-state index in [1.54, 1.807) is 6.92 Å². The molecule has 0 aliphatic carbocycles. The average Bonchev–Trinajstić information content (AvgIpc) is 2.46. The van der Waals surface area contributed by atoms with E-state index in [1.807, 2.05) is 0 Å². The number of alkyl halides is 14. The van der Waals surface area contributed by atoms with Gasteiger partial charge in [0.2, 0.25) is 0 Å². The van der Waals surface area contributed by atoms with Crippen LogP contribution in [0.5, 0.6) is 0 Å². The van der Waals surface area contributed by atoms with Crippen molar-refractivity contribution in [3.63, 3.8) is 0 Å². The molecule has 0 radical (unpaired) electrons. The van der Waals surface area contributed by atoms with E-state index in [4.69, 9.17) is 0 Å². The van der Waals surface area contributed by atoms with Crippen molar-refractivity contribution in [3.05, 3.63) is 0 Å². The molecule has 0 rings (SSSR count). The number of rotatable bonds is 9. The van der Waals surface area contributed by atoms with Crippen LogP contribution in [-0.4, -0.2) is 36.0 Å². The predicted octanol–water partition coefficient (Wildman–Crippen LogP) is 8.02. The molecule has 0 aliphatic rings. The minimum absolute atomic E-state index is 0.0294. The van der Waals surface area contributed by atoms with E-state index in [-0.39, 0.29) is 6.42 Å². The van der Waals surface area contributed by atoms with E-state index in [0.717, 1.165) is 0 Å². The molecular weight excluding hydrogens is 446 g/mol. The fourth-order valence-electron chi connectivity index (χ4n) is 2.72. The van der Waals surface area contributed by atoms with Gasteiger partial charge in [-0.15, -0.1) is 0 Å². The summed E-state index contributed by atoms with van der Waals surface area (Å²) < 4.78 is 180. The quantitative estimate of drug-likeness (QED) is 0.240. The second kappa shape index (κ2) is 9.03. The molecule has 14 heteroatoms. The van der Waals surface area contributed by atoms with E-state index in [2.05, 4.69) is 0 Å². The highest BCUT2D eigenvalue weighted by molar-refractivity contribution is 5.01. The van der Waals surface area contributed by atoms with Gasteiger partial charge in [0, 0.05) is 12.8 Å². The Morgan fingerprint density at radius 2 is 0.793 bits per heavy atom. The molecule has 0 aromatic heterocycles. The van der Waals surface area contributed by atoms with Gasteiger partial charge < -0.3 is 0 Å². The highest BCUT2D eigenvalue weighted by atomic mass is 19.4. The third-order valence-electron chi connectivity index (χ3n) is 4.40. The molecule has 0 unspecified atom stereocenters. The molecule has 0 aliphatic heterocycles. The van der Waals surface area contributed by atoms with Crippen molar-refractivity contribution < 1.29 is 61.5 Å². The van der Waals surface area contributed by atoms with E-state index in [0.29, 0.717) is 12.8 Å². The second-order valence-corrected chi connectivity index (χ2v) is 6.72. The third-order valence-corrected chi connectivity index (χ3v) is 4.40. The number of halogens is 14. The Kier molecular flexibility index (Phi) is 8.72. The lowest BCUT2D eigenvalue weighted by Crippen LogP contribution is -2.57. The highest BCUT2D eigenvalue weighted by Gasteiger charge is 2.75. The van der Waals surface area contributed by atoms with Crippen molar-refractivity contribution in [3.8, 4) is 0 Å². The number of hydrogen-bond donors (Lipinski definition) is 0. The largest absolute Gasteiger partial charge is 0.431 e. The van der Waals surface area contributed by atoms with Gasteiger partial charge >= 0.3 is 24.7 Å². The zero-order valence-corrected chi connectivity index (χ0v) is 14.8. The van der Waals surface area contributed by atoms with Gasteiger partial charge in [-0.3, -0.25) is 0 Å². The van der Waals surface area contributed by atoms with Crippen LogP contribution in [-0.2, 0) is 0 Å². The Bertz CT molecular complexity index is 427. The molecule has 0 nitrogen and oxygen atoms in total. The topological polar surface area (TPSA) is 0 Å². The summed E-state index contributed by atoms with van der Waals surface area (Å²) >= 11 is 0. The summed E-state index contributed by atoms with van der Waals surface area (Å²) in [6, 6.07) is 0. The molecule has 0 aromatic rings. The molecule has 0 bridgehead atoms. The lowest BCUT2D eigenvalue weighted by Gasteiger charge is -2.37. The summed E-state index contributed by atoms with van der Waals surface area (Å²) in [4.78, 5) is 0. The van der Waals surface area contributed by atoms with Crippen molar-refractivity contribution in [2.45, 2.75) is 87.9 Å². The summed E-state index contributed by atoms with van der Waals surface area (Å²) in [5.74, 6) is -2.84. The predicted molar refractivity (Wildman–Crippen MR) is 73.4 cm³/mol. The van der Waals surface area contributed by atoms with Gasteiger partial charge in [-0.25, -0.2) is 8.78 Å². The summed E-state index contributed by atoms with van der Waals surface area (Å²) in [6.45, 7) is 1.61. The number of hydrogen-bond acceptors (Lipinski definition) is 0. The summed E-state index contributed by atoms with van der Waals surface area (Å²) in [7, 11) is 0. The Balaban J connectivity index is 6.04. The minimum Gasteiger partial charge on any atom is -0.224 e. The van der Waals surface area contributed by atoms with Crippen LogP contribution in [0.1, 0.15) is 51.9 Å². The van der Waals surface area contributed by atoms with Gasteiger partial charge in [-0.1, -0.05) is 39.0 Å². The van der Waals surface area contributed by atoms with Crippen molar-refractivity contribution in [2.75, 3.05) is 0 Å². The Labute approximate surface area is 156 Å². The Morgan fingerprint density at radius 3 is 1.03 bits per heavy atom. The summed E-state index contributed by atoms with van der Waals surface area (Å²) in [5.41, 5.74) is -12.2. The third kappa shape index (κ3) is 6.50. The molecule has 0 saturated heterocycles. The van der Waals surface area contributed by atoms with Crippen molar-refractivity contribution >= 4 is 0 Å². The molecule has 0 heterocycles. The fourth-order valence-corrected chi connectivity index (χ4v) is 2.72. The molecule has 29 heavy (non-hydrogen) atoms. The molecule has 0 N–H and O–H groups in total. The Morgan fingerprint density at radius 1 is 0.483 bits per heavy atom. The van der Waals surface area contributed by atoms with Gasteiger partial charge in [0.15, 0.2) is 0 Å². The first-order valence-electron chi connectivity index (χ1n) is 8.28. The maximum atomic E-state index is 13.9. The van der Waals surface area contributed by atoms with Crippen LogP contribution in [0.2, 0.25) is 0 Å². The van der Waals surface area contributed by atoms with Crippen molar-refractivity contribution in [2.24, 2.45) is 5.92 Å². The lowest BCUT2D eigenvalue weighted by atomic mass is 9.80.